The van der Waals surface area contributed by atoms with E-state index in [4.69, 9.17) is 11.1 Å². The largest absolute Gasteiger partial charge is 0.383 e. The third kappa shape index (κ3) is 2.10. The molecular weight excluding hydrogens is 235 g/mol. The van der Waals surface area contributed by atoms with Crippen molar-refractivity contribution in [3.8, 4) is 0 Å². The molecule has 6 nitrogen and oxygen atoms in total. The fourth-order valence-electron chi connectivity index (χ4n) is 1.41. The third-order valence-electron chi connectivity index (χ3n) is 2.31. The van der Waals surface area contributed by atoms with Crippen molar-refractivity contribution in [2.45, 2.75) is 0 Å². The smallest absolute Gasteiger partial charge is 0.183 e. The number of nitrogen functional groups attached to an aromatic ring is 1. The fraction of sp³-hybridized carbons (Fsp3) is 0.0909. The zero-order valence-electron chi connectivity index (χ0n) is 9.61. The zero-order chi connectivity index (χ0) is 13.1. The molecule has 0 aromatic carbocycles. The van der Waals surface area contributed by atoms with Crippen LogP contribution in [0.15, 0.2) is 24.5 Å². The molecular formula is C11H11FN6. The van der Waals surface area contributed by atoms with Crippen molar-refractivity contribution >= 4 is 17.3 Å². The Bertz CT molecular complexity index is 598. The Hall–Kier alpha value is -2.57. The molecule has 0 radical (unpaired) electrons. The van der Waals surface area contributed by atoms with Crippen LogP contribution in [-0.2, 0) is 0 Å². The molecule has 0 amide bonds. The molecule has 4 N–H and O–H groups in total. The van der Waals surface area contributed by atoms with Crippen LogP contribution in [0.4, 0.5) is 16.0 Å². The van der Waals surface area contributed by atoms with Crippen molar-refractivity contribution < 1.29 is 4.39 Å². The Morgan fingerprint density at radius 1 is 1.44 bits per heavy atom. The van der Waals surface area contributed by atoms with Gasteiger partial charge >= 0.3 is 0 Å². The highest BCUT2D eigenvalue weighted by molar-refractivity contribution is 6.11. The average molecular weight is 246 g/mol. The van der Waals surface area contributed by atoms with Crippen LogP contribution in [0.1, 0.15) is 11.4 Å². The maximum atomic E-state index is 13.2. The van der Waals surface area contributed by atoms with Crippen LogP contribution in [0.25, 0.3) is 0 Å². The molecule has 0 atom stereocenters. The van der Waals surface area contributed by atoms with Crippen molar-refractivity contribution in [3.63, 3.8) is 0 Å². The van der Waals surface area contributed by atoms with Crippen molar-refractivity contribution in [1.82, 2.24) is 15.0 Å². The summed E-state index contributed by atoms with van der Waals surface area (Å²) in [5, 5.41) is 10.5. The molecule has 0 unspecified atom stereocenters. The van der Waals surface area contributed by atoms with Gasteiger partial charge in [0.15, 0.2) is 17.5 Å². The lowest BCUT2D eigenvalue weighted by molar-refractivity contribution is 0.617. The van der Waals surface area contributed by atoms with Crippen molar-refractivity contribution in [3.05, 3.63) is 41.7 Å². The van der Waals surface area contributed by atoms with Crippen molar-refractivity contribution in [2.75, 3.05) is 18.1 Å². The summed E-state index contributed by atoms with van der Waals surface area (Å²) in [4.78, 5) is 11.6. The van der Waals surface area contributed by atoms with Gasteiger partial charge in [0, 0.05) is 18.8 Å². The minimum atomic E-state index is -0.576. The van der Waals surface area contributed by atoms with Crippen LogP contribution in [-0.4, -0.2) is 27.7 Å². The molecule has 0 saturated carbocycles. The van der Waals surface area contributed by atoms with Gasteiger partial charge in [-0.25, -0.2) is 19.3 Å². The minimum Gasteiger partial charge on any atom is -0.383 e. The summed E-state index contributed by atoms with van der Waals surface area (Å²) >= 11 is 0. The lowest BCUT2D eigenvalue weighted by Crippen LogP contribution is -2.12. The van der Waals surface area contributed by atoms with E-state index in [1.54, 1.807) is 12.1 Å². The second-order valence-corrected chi connectivity index (χ2v) is 3.45. The lowest BCUT2D eigenvalue weighted by Gasteiger charge is -2.07. The first-order valence-electron chi connectivity index (χ1n) is 5.13. The fourth-order valence-corrected chi connectivity index (χ4v) is 1.41. The van der Waals surface area contributed by atoms with Crippen LogP contribution >= 0.6 is 0 Å². The molecule has 0 spiro atoms. The highest BCUT2D eigenvalue weighted by Crippen LogP contribution is 2.14. The van der Waals surface area contributed by atoms with E-state index in [-0.39, 0.29) is 23.2 Å². The van der Waals surface area contributed by atoms with E-state index in [9.17, 15) is 4.39 Å². The highest BCUT2D eigenvalue weighted by atomic mass is 19.1. The van der Waals surface area contributed by atoms with Gasteiger partial charge in [-0.15, -0.1) is 0 Å². The summed E-state index contributed by atoms with van der Waals surface area (Å²) in [5.41, 5.74) is 6.07. The molecule has 0 fully saturated rings. The van der Waals surface area contributed by atoms with Gasteiger partial charge in [0.25, 0.3) is 0 Å². The van der Waals surface area contributed by atoms with E-state index in [2.05, 4.69) is 20.3 Å². The number of nitrogens with two attached hydrogens (primary N) is 1. The lowest BCUT2D eigenvalue weighted by atomic mass is 10.1. The molecule has 7 heteroatoms. The van der Waals surface area contributed by atoms with E-state index in [0.29, 0.717) is 5.56 Å². The molecule has 2 aromatic rings. The Balaban J connectivity index is 2.44. The van der Waals surface area contributed by atoms with Gasteiger partial charge in [-0.05, 0) is 12.1 Å². The van der Waals surface area contributed by atoms with Gasteiger partial charge in [0.05, 0.1) is 6.20 Å². The maximum absolute atomic E-state index is 13.2. The molecule has 2 rings (SSSR count). The highest BCUT2D eigenvalue weighted by Gasteiger charge is 2.13. The number of halogens is 1. The zero-order valence-corrected chi connectivity index (χ0v) is 9.61. The predicted octanol–water partition coefficient (Wildman–Crippen LogP) is 1.05. The Kier molecular flexibility index (Phi) is 3.13. The number of hydrogen-bond donors (Lipinski definition) is 3. The van der Waals surface area contributed by atoms with Crippen LogP contribution in [0.3, 0.4) is 0 Å². The van der Waals surface area contributed by atoms with Gasteiger partial charge in [-0.2, -0.15) is 0 Å². The van der Waals surface area contributed by atoms with Gasteiger partial charge in [0.1, 0.15) is 11.5 Å². The van der Waals surface area contributed by atoms with E-state index >= 15 is 0 Å². The summed E-state index contributed by atoms with van der Waals surface area (Å²) in [6.45, 7) is 0. The van der Waals surface area contributed by atoms with Gasteiger partial charge in [-0.3, -0.25) is 5.41 Å². The normalized spacial score (nSPS) is 10.1. The molecule has 18 heavy (non-hydrogen) atoms. The second-order valence-electron chi connectivity index (χ2n) is 3.45. The van der Waals surface area contributed by atoms with Gasteiger partial charge in [-0.1, -0.05) is 0 Å². The van der Waals surface area contributed by atoms with Crippen LogP contribution in [0.5, 0.6) is 0 Å². The van der Waals surface area contributed by atoms with Gasteiger partial charge in [0.2, 0.25) is 0 Å². The average Bonchev–Trinajstić information content (AvgIpc) is 2.39. The molecule has 0 aliphatic carbocycles. The van der Waals surface area contributed by atoms with E-state index in [0.717, 1.165) is 6.20 Å². The van der Waals surface area contributed by atoms with Crippen LogP contribution < -0.4 is 11.1 Å². The number of nitrogens with zero attached hydrogens (tertiary/aromatic N) is 3. The molecule has 0 saturated heterocycles. The third-order valence-corrected chi connectivity index (χ3v) is 2.31. The first-order chi connectivity index (χ1) is 8.63. The van der Waals surface area contributed by atoms with Crippen LogP contribution in [0.2, 0.25) is 0 Å². The number of pyridine rings is 1. The SMILES string of the molecule is CNc1nc(C(=N)c2cccnc2N)ncc1F. The van der Waals surface area contributed by atoms with Gasteiger partial charge < -0.3 is 11.1 Å². The summed E-state index contributed by atoms with van der Waals surface area (Å²) < 4.78 is 13.2. The predicted molar refractivity (Wildman–Crippen MR) is 66.1 cm³/mol. The standard InChI is InChI=1S/C11H11FN6/c1-15-10-7(12)5-17-11(18-10)8(13)6-3-2-4-16-9(6)14/h2-5,13H,1H3,(H2,14,16)(H,15,17,18). The number of anilines is 2. The number of hydrogen-bond acceptors (Lipinski definition) is 6. The molecule has 0 bridgehead atoms. The first kappa shape index (κ1) is 11.9. The number of rotatable bonds is 3. The Morgan fingerprint density at radius 2 is 2.22 bits per heavy atom. The summed E-state index contributed by atoms with van der Waals surface area (Å²) in [6, 6.07) is 3.29. The second kappa shape index (κ2) is 4.74. The molecule has 92 valence electrons. The van der Waals surface area contributed by atoms with Crippen molar-refractivity contribution in [2.24, 2.45) is 0 Å². The molecule has 2 heterocycles. The first-order valence-corrected chi connectivity index (χ1v) is 5.13. The Morgan fingerprint density at radius 3 is 2.89 bits per heavy atom. The van der Waals surface area contributed by atoms with Crippen LogP contribution in [0, 0.1) is 11.2 Å². The maximum Gasteiger partial charge on any atom is 0.183 e. The van der Waals surface area contributed by atoms with E-state index < -0.39 is 5.82 Å². The van der Waals surface area contributed by atoms with Crippen molar-refractivity contribution in [1.29, 1.82) is 5.41 Å². The molecule has 0 aliphatic rings. The number of nitrogens with one attached hydrogen (secondary N) is 2. The molecule has 0 aliphatic heterocycles. The minimum absolute atomic E-state index is 0.00269. The Labute approximate surface area is 103 Å². The summed E-state index contributed by atoms with van der Waals surface area (Å²) in [6.07, 6.45) is 2.53. The topological polar surface area (TPSA) is 101 Å². The summed E-state index contributed by atoms with van der Waals surface area (Å²) in [7, 11) is 1.54. The molecule has 2 aromatic heterocycles. The van der Waals surface area contributed by atoms with E-state index in [1.807, 2.05) is 0 Å². The summed E-state index contributed by atoms with van der Waals surface area (Å²) in [5.74, 6) is -0.248. The monoisotopic (exact) mass is 246 g/mol. The number of aromatic nitrogens is 3. The van der Waals surface area contributed by atoms with E-state index in [1.165, 1.54) is 13.2 Å². The quantitative estimate of drug-likeness (QED) is 0.703.